The molecule has 0 aromatic heterocycles. The minimum Gasteiger partial charge on any atom is -0.427 e. The molecule has 5 atom stereocenters. The molecule has 2 saturated heterocycles. The number of aliphatic hydroxyl groups excluding tert-OH is 1. The van der Waals surface area contributed by atoms with Gasteiger partial charge in [-0.25, -0.2) is 4.79 Å². The van der Waals surface area contributed by atoms with E-state index in [1.807, 2.05) is 6.92 Å². The van der Waals surface area contributed by atoms with Gasteiger partial charge in [0.1, 0.15) is 5.70 Å². The molecule has 2 fully saturated rings. The van der Waals surface area contributed by atoms with Crippen LogP contribution in [-0.4, -0.2) is 76.4 Å². The predicted octanol–water partition coefficient (Wildman–Crippen LogP) is 1.11. The zero-order chi connectivity index (χ0) is 23.2. The molecule has 2 amide bonds. The second-order valence-electron chi connectivity index (χ2n) is 9.42. The zero-order valence-corrected chi connectivity index (χ0v) is 19.5. The summed E-state index contributed by atoms with van der Waals surface area (Å²) in [5.74, 6) is -2.36. The number of aliphatic hydroxyl groups is 1. The molecule has 0 radical (unpaired) electrons. The number of carbonyl (C=O) groups is 4. The fraction of sp³-hybridized carbons (Fsp3) is 0.714. The summed E-state index contributed by atoms with van der Waals surface area (Å²) in [7, 11) is 1.73. The van der Waals surface area contributed by atoms with E-state index in [1.165, 1.54) is 16.7 Å². The normalized spacial score (nSPS) is 29.1. The number of thioether (sulfide) groups is 1. The van der Waals surface area contributed by atoms with Crippen molar-refractivity contribution in [3.8, 4) is 0 Å². The number of fused-ring (bicyclic) bond motifs is 1. The number of β-lactam (4-membered cyclic amide) rings is 1. The van der Waals surface area contributed by atoms with Gasteiger partial charge >= 0.3 is 11.9 Å². The number of rotatable bonds is 6. The highest BCUT2D eigenvalue weighted by atomic mass is 32.2. The molecule has 3 aliphatic rings. The Balaban J connectivity index is 1.80. The van der Waals surface area contributed by atoms with Gasteiger partial charge < -0.3 is 24.4 Å². The van der Waals surface area contributed by atoms with Crippen molar-refractivity contribution >= 4 is 35.5 Å². The van der Waals surface area contributed by atoms with Crippen LogP contribution in [0.15, 0.2) is 10.6 Å². The summed E-state index contributed by atoms with van der Waals surface area (Å²) in [6.07, 6.45) is -0.494. The second-order valence-corrected chi connectivity index (χ2v) is 10.8. The first kappa shape index (κ1) is 23.6. The third-order valence-electron chi connectivity index (χ3n) is 5.89. The number of amides is 2. The molecule has 1 N–H and O–H groups in total. The third-order valence-corrected chi connectivity index (χ3v) is 7.36. The molecule has 3 rings (SSSR count). The summed E-state index contributed by atoms with van der Waals surface area (Å²) in [6, 6.07) is -0.343. The Hall–Kier alpha value is -2.07. The van der Waals surface area contributed by atoms with Gasteiger partial charge in [-0.2, -0.15) is 0 Å². The lowest BCUT2D eigenvalue weighted by Crippen LogP contribution is -2.63. The SMILES string of the molecule is CC(O)C1C(=O)N2C(C(=O)OCOC(=O)C(C)(C)C)=C(SC3CC(=O)N(C)C3)C(C)[C@@H]12. The lowest BCUT2D eigenvalue weighted by atomic mass is 9.79. The number of likely N-dealkylation sites (tertiary alicyclic amines) is 1. The summed E-state index contributed by atoms with van der Waals surface area (Å²) in [5, 5.41) is 10.0. The zero-order valence-electron chi connectivity index (χ0n) is 18.7. The van der Waals surface area contributed by atoms with Crippen molar-refractivity contribution in [3.63, 3.8) is 0 Å². The maximum atomic E-state index is 12.9. The molecule has 3 aliphatic heterocycles. The van der Waals surface area contributed by atoms with Crippen molar-refractivity contribution in [2.75, 3.05) is 20.4 Å². The summed E-state index contributed by atoms with van der Waals surface area (Å²) in [5.41, 5.74) is -0.614. The van der Waals surface area contributed by atoms with Crippen molar-refractivity contribution in [3.05, 3.63) is 10.6 Å². The number of nitrogens with zero attached hydrogens (tertiary/aromatic N) is 2. The minimum atomic E-state index is -0.843. The Morgan fingerprint density at radius 1 is 1.26 bits per heavy atom. The topological polar surface area (TPSA) is 113 Å². The van der Waals surface area contributed by atoms with Crippen LogP contribution >= 0.6 is 11.8 Å². The lowest BCUT2D eigenvalue weighted by molar-refractivity contribution is -0.175. The van der Waals surface area contributed by atoms with Gasteiger partial charge in [-0.1, -0.05) is 6.92 Å². The van der Waals surface area contributed by atoms with Crippen LogP contribution < -0.4 is 0 Å². The Morgan fingerprint density at radius 2 is 1.90 bits per heavy atom. The summed E-state index contributed by atoms with van der Waals surface area (Å²) in [4.78, 5) is 53.2. The van der Waals surface area contributed by atoms with Crippen molar-refractivity contribution in [2.45, 2.75) is 58.4 Å². The van der Waals surface area contributed by atoms with E-state index in [9.17, 15) is 24.3 Å². The average molecular weight is 455 g/mol. The van der Waals surface area contributed by atoms with E-state index in [2.05, 4.69) is 0 Å². The smallest absolute Gasteiger partial charge is 0.358 e. The molecule has 0 aliphatic carbocycles. The predicted molar refractivity (Wildman–Crippen MR) is 112 cm³/mol. The molecule has 0 saturated carbocycles. The average Bonchev–Trinajstić information content (AvgIpc) is 3.08. The van der Waals surface area contributed by atoms with Gasteiger partial charge in [0.05, 0.1) is 23.5 Å². The van der Waals surface area contributed by atoms with Gasteiger partial charge in [-0.3, -0.25) is 14.4 Å². The molecule has 0 spiro atoms. The first-order chi connectivity index (χ1) is 14.3. The Kier molecular flexibility index (Phi) is 6.44. The standard InChI is InChI=1S/C21H30N2O7S/c1-10-15-14(11(2)24)18(26)23(15)16(17(10)31-12-7-13(25)22(6)8-12)19(27)29-9-30-20(28)21(3,4)5/h10-12,14-15,24H,7-9H2,1-6H3/t10?,11?,12?,14?,15-/m0/s1. The largest absolute Gasteiger partial charge is 0.427 e. The van der Waals surface area contributed by atoms with E-state index in [-0.39, 0.29) is 34.7 Å². The van der Waals surface area contributed by atoms with Crippen molar-refractivity contribution in [1.82, 2.24) is 9.80 Å². The molecule has 0 aromatic carbocycles. The maximum Gasteiger partial charge on any atom is 0.358 e. The van der Waals surface area contributed by atoms with E-state index in [1.54, 1.807) is 39.6 Å². The molecule has 31 heavy (non-hydrogen) atoms. The van der Waals surface area contributed by atoms with Crippen LogP contribution in [0.25, 0.3) is 0 Å². The quantitative estimate of drug-likeness (QED) is 0.361. The van der Waals surface area contributed by atoms with E-state index in [0.29, 0.717) is 17.9 Å². The van der Waals surface area contributed by atoms with Crippen LogP contribution in [-0.2, 0) is 28.7 Å². The fourth-order valence-corrected chi connectivity index (χ4v) is 5.70. The Bertz CT molecular complexity index is 832. The van der Waals surface area contributed by atoms with E-state index in [0.717, 1.165) is 0 Å². The number of carbonyl (C=O) groups excluding carboxylic acids is 4. The lowest BCUT2D eigenvalue weighted by Gasteiger charge is -2.46. The molecule has 3 heterocycles. The first-order valence-electron chi connectivity index (χ1n) is 10.3. The second kappa shape index (κ2) is 8.46. The number of hydrogen-bond acceptors (Lipinski definition) is 8. The van der Waals surface area contributed by atoms with Crippen LogP contribution in [0.2, 0.25) is 0 Å². The summed E-state index contributed by atoms with van der Waals surface area (Å²) < 4.78 is 10.2. The van der Waals surface area contributed by atoms with Crippen molar-refractivity contribution in [2.24, 2.45) is 17.3 Å². The van der Waals surface area contributed by atoms with E-state index < -0.39 is 36.2 Å². The molecule has 9 nitrogen and oxygen atoms in total. The van der Waals surface area contributed by atoms with Gasteiger partial charge in [0.25, 0.3) is 0 Å². The molecule has 172 valence electrons. The monoisotopic (exact) mass is 454 g/mol. The molecular weight excluding hydrogens is 424 g/mol. The fourth-order valence-electron chi connectivity index (χ4n) is 4.17. The molecule has 10 heteroatoms. The number of ether oxygens (including phenoxy) is 2. The van der Waals surface area contributed by atoms with Crippen molar-refractivity contribution < 1.29 is 33.8 Å². The number of esters is 2. The molecule has 0 bridgehead atoms. The maximum absolute atomic E-state index is 12.9. The van der Waals surface area contributed by atoms with Crippen LogP contribution in [0.4, 0.5) is 0 Å². The van der Waals surface area contributed by atoms with E-state index in [4.69, 9.17) is 9.47 Å². The van der Waals surface area contributed by atoms with Gasteiger partial charge in [0.2, 0.25) is 18.6 Å². The minimum absolute atomic E-state index is 0.0307. The van der Waals surface area contributed by atoms with Crippen LogP contribution in [0.1, 0.15) is 41.0 Å². The highest BCUT2D eigenvalue weighted by Gasteiger charge is 2.60. The highest BCUT2D eigenvalue weighted by Crippen LogP contribution is 2.52. The Labute approximate surface area is 186 Å². The van der Waals surface area contributed by atoms with Gasteiger partial charge in [-0.05, 0) is 27.7 Å². The van der Waals surface area contributed by atoms with Gasteiger partial charge in [-0.15, -0.1) is 11.8 Å². The Morgan fingerprint density at radius 3 is 2.42 bits per heavy atom. The highest BCUT2D eigenvalue weighted by molar-refractivity contribution is 8.03. The summed E-state index contributed by atoms with van der Waals surface area (Å²) >= 11 is 1.41. The van der Waals surface area contributed by atoms with Crippen LogP contribution in [0, 0.1) is 17.3 Å². The van der Waals surface area contributed by atoms with Crippen molar-refractivity contribution in [1.29, 1.82) is 0 Å². The third kappa shape index (κ3) is 4.32. The molecular formula is C21H30N2O7S. The van der Waals surface area contributed by atoms with Gasteiger partial charge in [0, 0.05) is 36.1 Å². The molecule has 0 aromatic rings. The molecule has 4 unspecified atom stereocenters. The first-order valence-corrected chi connectivity index (χ1v) is 11.2. The van der Waals surface area contributed by atoms with Crippen LogP contribution in [0.5, 0.6) is 0 Å². The van der Waals surface area contributed by atoms with E-state index >= 15 is 0 Å². The number of hydrogen-bond donors (Lipinski definition) is 1. The summed E-state index contributed by atoms with van der Waals surface area (Å²) in [6.45, 7) is 8.52. The van der Waals surface area contributed by atoms with Gasteiger partial charge in [0.15, 0.2) is 0 Å². The van der Waals surface area contributed by atoms with Crippen LogP contribution in [0.3, 0.4) is 0 Å².